The number of carbonyl (C=O) groups is 2. The van der Waals surface area contributed by atoms with Crippen molar-refractivity contribution in [1.29, 1.82) is 5.26 Å². The van der Waals surface area contributed by atoms with Gasteiger partial charge in [-0.3, -0.25) is 14.5 Å². The molecule has 6 nitrogen and oxygen atoms in total. The quantitative estimate of drug-likeness (QED) is 0.583. The van der Waals surface area contributed by atoms with E-state index in [1.54, 1.807) is 16.2 Å². The number of ketones is 1. The van der Waals surface area contributed by atoms with Crippen molar-refractivity contribution in [1.82, 2.24) is 0 Å². The maximum Gasteiger partial charge on any atom is 0.232 e. The van der Waals surface area contributed by atoms with Crippen LogP contribution in [0.5, 0.6) is 11.5 Å². The van der Waals surface area contributed by atoms with Gasteiger partial charge in [-0.05, 0) is 60.8 Å². The molecule has 1 amide bonds. The van der Waals surface area contributed by atoms with Gasteiger partial charge in [0.15, 0.2) is 17.3 Å². The van der Waals surface area contributed by atoms with Crippen LogP contribution in [0.15, 0.2) is 29.5 Å². The number of carbonyl (C=O) groups excluding carboxylic acids is 2. The first-order valence-corrected chi connectivity index (χ1v) is 12.7. The zero-order chi connectivity index (χ0) is 23.6. The second-order valence-electron chi connectivity index (χ2n) is 10.4. The Bertz CT molecular complexity index is 1310. The lowest BCUT2D eigenvalue weighted by atomic mass is 9.69. The molecule has 0 bridgehead atoms. The normalized spacial score (nSPS) is 23.0. The summed E-state index contributed by atoms with van der Waals surface area (Å²) in [6.45, 7) is 4.33. The molecule has 0 N–H and O–H groups in total. The number of Topliss-reactive ketones (excluding diaryl/α,β-unsaturated/α-hetero) is 1. The van der Waals surface area contributed by atoms with Crippen molar-refractivity contribution in [2.75, 3.05) is 11.7 Å². The summed E-state index contributed by atoms with van der Waals surface area (Å²) in [6, 6.07) is 8.09. The summed E-state index contributed by atoms with van der Waals surface area (Å²) in [5.74, 6) is 1.04. The molecule has 2 aliphatic heterocycles. The number of benzene rings is 1. The number of hydrogen-bond acceptors (Lipinski definition) is 6. The van der Waals surface area contributed by atoms with Crippen molar-refractivity contribution >= 4 is 28.0 Å². The molecule has 34 heavy (non-hydrogen) atoms. The Hall–Kier alpha value is -3.11. The highest BCUT2D eigenvalue weighted by Gasteiger charge is 2.45. The van der Waals surface area contributed by atoms with Gasteiger partial charge in [0.2, 0.25) is 12.7 Å². The molecule has 0 fully saturated rings. The molecule has 4 aliphatic rings. The lowest BCUT2D eigenvalue weighted by Gasteiger charge is -2.42. The van der Waals surface area contributed by atoms with Crippen LogP contribution in [0.3, 0.4) is 0 Å². The predicted molar refractivity (Wildman–Crippen MR) is 128 cm³/mol. The van der Waals surface area contributed by atoms with E-state index in [4.69, 9.17) is 9.47 Å². The van der Waals surface area contributed by atoms with Gasteiger partial charge in [0, 0.05) is 34.9 Å². The number of amides is 1. The molecule has 1 atom stereocenters. The summed E-state index contributed by atoms with van der Waals surface area (Å²) in [7, 11) is 0. The molecule has 3 heterocycles. The van der Waals surface area contributed by atoms with Crippen LogP contribution in [-0.2, 0) is 22.4 Å². The molecule has 0 unspecified atom stereocenters. The molecule has 7 heteroatoms. The van der Waals surface area contributed by atoms with E-state index in [2.05, 4.69) is 19.9 Å². The number of thiophene rings is 1. The molecule has 2 aromatic rings. The van der Waals surface area contributed by atoms with Crippen LogP contribution in [0.25, 0.3) is 0 Å². The van der Waals surface area contributed by atoms with Crippen LogP contribution in [0.2, 0.25) is 0 Å². The minimum Gasteiger partial charge on any atom is -0.454 e. The Kier molecular flexibility index (Phi) is 4.86. The van der Waals surface area contributed by atoms with E-state index in [-0.39, 0.29) is 36.2 Å². The number of ether oxygens (including phenoxy) is 2. The first kappa shape index (κ1) is 21.4. The molecule has 0 saturated heterocycles. The lowest BCUT2D eigenvalue weighted by Crippen LogP contribution is -2.43. The summed E-state index contributed by atoms with van der Waals surface area (Å²) in [5, 5.41) is 10.8. The number of allylic oxidation sites excluding steroid dienone is 2. The van der Waals surface area contributed by atoms with E-state index < -0.39 is 0 Å². The van der Waals surface area contributed by atoms with Gasteiger partial charge in [0.05, 0.1) is 5.56 Å². The SMILES string of the molecule is CC1(C)CC(=O)C2=C(C1)N(c1sc3c(c1C#N)CCCC3)C(=O)C[C@@H]2c1ccc2c(c1)OCO2. The van der Waals surface area contributed by atoms with Gasteiger partial charge in [-0.1, -0.05) is 19.9 Å². The average molecular weight is 475 g/mol. The molecular formula is C27H26N2O4S. The van der Waals surface area contributed by atoms with Gasteiger partial charge < -0.3 is 9.47 Å². The number of aryl methyl sites for hydroxylation is 1. The molecule has 0 radical (unpaired) electrons. The van der Waals surface area contributed by atoms with Crippen molar-refractivity contribution in [2.24, 2.45) is 5.41 Å². The molecule has 1 aromatic carbocycles. The fraction of sp³-hybridized carbons (Fsp3) is 0.444. The highest BCUT2D eigenvalue weighted by atomic mass is 32.1. The Balaban J connectivity index is 1.53. The van der Waals surface area contributed by atoms with E-state index in [1.165, 1.54) is 4.88 Å². The molecule has 1 aromatic heterocycles. The third kappa shape index (κ3) is 3.27. The Labute approximate surface area is 202 Å². The Morgan fingerprint density at radius 3 is 2.74 bits per heavy atom. The fourth-order valence-corrected chi connectivity index (χ4v) is 7.27. The van der Waals surface area contributed by atoms with Gasteiger partial charge in [-0.15, -0.1) is 11.3 Å². The first-order chi connectivity index (χ1) is 16.4. The smallest absolute Gasteiger partial charge is 0.232 e. The number of rotatable bonds is 2. The number of hydrogen-bond donors (Lipinski definition) is 0. The number of fused-ring (bicyclic) bond motifs is 2. The zero-order valence-electron chi connectivity index (χ0n) is 19.4. The van der Waals surface area contributed by atoms with E-state index in [0.717, 1.165) is 42.5 Å². The van der Waals surface area contributed by atoms with E-state index in [9.17, 15) is 14.9 Å². The highest BCUT2D eigenvalue weighted by Crippen LogP contribution is 2.51. The predicted octanol–water partition coefficient (Wildman–Crippen LogP) is 5.39. The van der Waals surface area contributed by atoms with E-state index >= 15 is 0 Å². The van der Waals surface area contributed by atoms with E-state index in [1.807, 2.05) is 18.2 Å². The van der Waals surface area contributed by atoms with Gasteiger partial charge in [-0.25, -0.2) is 0 Å². The number of anilines is 1. The topological polar surface area (TPSA) is 79.6 Å². The summed E-state index contributed by atoms with van der Waals surface area (Å²) < 4.78 is 11.0. The highest BCUT2D eigenvalue weighted by molar-refractivity contribution is 7.16. The van der Waals surface area contributed by atoms with Gasteiger partial charge >= 0.3 is 0 Å². The lowest BCUT2D eigenvalue weighted by molar-refractivity contribution is -0.120. The maximum absolute atomic E-state index is 13.8. The molecule has 0 saturated carbocycles. The van der Waals surface area contributed by atoms with E-state index in [0.29, 0.717) is 40.5 Å². The first-order valence-electron chi connectivity index (χ1n) is 11.9. The molecular weight excluding hydrogens is 448 g/mol. The second kappa shape index (κ2) is 7.71. The van der Waals surface area contributed by atoms with Crippen LogP contribution >= 0.6 is 11.3 Å². The van der Waals surface area contributed by atoms with Crippen molar-refractivity contribution in [3.63, 3.8) is 0 Å². The van der Waals surface area contributed by atoms with Crippen LogP contribution in [0, 0.1) is 16.7 Å². The number of nitrogens with zero attached hydrogens (tertiary/aromatic N) is 2. The molecule has 0 spiro atoms. The molecule has 2 aliphatic carbocycles. The third-order valence-corrected chi connectivity index (χ3v) is 8.69. The minimum atomic E-state index is -0.322. The summed E-state index contributed by atoms with van der Waals surface area (Å²) >= 11 is 1.57. The second-order valence-corrected chi connectivity index (χ2v) is 11.5. The van der Waals surface area contributed by atoms with Crippen LogP contribution in [-0.4, -0.2) is 18.5 Å². The minimum absolute atomic E-state index is 0.0537. The number of nitriles is 1. The van der Waals surface area contributed by atoms with Crippen molar-refractivity contribution in [3.05, 3.63) is 51.0 Å². The maximum atomic E-state index is 13.8. The zero-order valence-corrected chi connectivity index (χ0v) is 20.2. The Morgan fingerprint density at radius 2 is 1.91 bits per heavy atom. The fourth-order valence-electron chi connectivity index (χ4n) is 5.89. The van der Waals surface area contributed by atoms with Crippen molar-refractivity contribution in [2.45, 2.75) is 64.7 Å². The average Bonchev–Trinajstić information content (AvgIpc) is 3.41. The van der Waals surface area contributed by atoms with Gasteiger partial charge in [-0.2, -0.15) is 5.26 Å². The van der Waals surface area contributed by atoms with Crippen LogP contribution < -0.4 is 14.4 Å². The molecule has 6 rings (SSSR count). The summed E-state index contributed by atoms with van der Waals surface area (Å²) in [5.41, 5.74) is 3.85. The Morgan fingerprint density at radius 1 is 1.12 bits per heavy atom. The van der Waals surface area contributed by atoms with Crippen molar-refractivity contribution < 1.29 is 19.1 Å². The summed E-state index contributed by atoms with van der Waals surface area (Å²) in [4.78, 5) is 30.3. The van der Waals surface area contributed by atoms with Gasteiger partial charge in [0.25, 0.3) is 0 Å². The standard InChI is InChI=1S/C27H26N2O4S/c1-27(2)11-19-25(20(30)12-27)17(15-7-8-21-22(9-15)33-14-32-21)10-24(31)29(19)26-18(13-28)16-5-3-4-6-23(16)34-26/h7-9,17H,3-6,10-12,14H2,1-2H3/t17-/m1/s1. The largest absolute Gasteiger partial charge is 0.454 e. The monoisotopic (exact) mass is 474 g/mol. The van der Waals surface area contributed by atoms with Gasteiger partial charge in [0.1, 0.15) is 11.1 Å². The van der Waals surface area contributed by atoms with Crippen molar-refractivity contribution in [3.8, 4) is 17.6 Å². The van der Waals surface area contributed by atoms with Crippen LogP contribution in [0.4, 0.5) is 5.00 Å². The third-order valence-electron chi connectivity index (χ3n) is 7.41. The molecule has 174 valence electrons. The van der Waals surface area contributed by atoms with Crippen LogP contribution in [0.1, 0.15) is 73.4 Å². The summed E-state index contributed by atoms with van der Waals surface area (Å²) in [6.07, 6.45) is 5.27.